The van der Waals surface area contributed by atoms with Crippen LogP contribution < -0.4 is 5.43 Å². The lowest BCUT2D eigenvalue weighted by atomic mass is 10.2. The lowest BCUT2D eigenvalue weighted by Crippen LogP contribution is -2.18. The highest BCUT2D eigenvalue weighted by Crippen LogP contribution is 2.23. The standard InChI is InChI=1S/C10H12N2O4/c1-2-16-10(15)12-11-6-7-3-4-8(13)9(14)5-7/h3-6,13-14H,2H2,1H3,(H,12,15)/b11-6+. The van der Waals surface area contributed by atoms with Crippen LogP contribution in [0.1, 0.15) is 12.5 Å². The summed E-state index contributed by atoms with van der Waals surface area (Å²) in [5.41, 5.74) is 2.66. The zero-order chi connectivity index (χ0) is 12.0. The molecule has 0 unspecified atom stereocenters. The SMILES string of the molecule is CCOC(=O)N/N=C/c1ccc(O)c(O)c1. The summed E-state index contributed by atoms with van der Waals surface area (Å²) in [5.74, 6) is -0.462. The molecule has 16 heavy (non-hydrogen) atoms. The number of phenols is 2. The van der Waals surface area contributed by atoms with E-state index in [4.69, 9.17) is 10.2 Å². The molecule has 0 radical (unpaired) electrons. The van der Waals surface area contributed by atoms with E-state index in [-0.39, 0.29) is 18.1 Å². The fourth-order valence-corrected chi connectivity index (χ4v) is 0.944. The summed E-state index contributed by atoms with van der Waals surface area (Å²) in [6.45, 7) is 1.95. The lowest BCUT2D eigenvalue weighted by Gasteiger charge is -1.99. The number of hydrogen-bond acceptors (Lipinski definition) is 5. The topological polar surface area (TPSA) is 91.2 Å². The van der Waals surface area contributed by atoms with Crippen LogP contribution in [0.2, 0.25) is 0 Å². The molecule has 86 valence electrons. The van der Waals surface area contributed by atoms with Gasteiger partial charge in [-0.25, -0.2) is 10.2 Å². The smallest absolute Gasteiger partial charge is 0.427 e. The van der Waals surface area contributed by atoms with Crippen molar-refractivity contribution < 1.29 is 19.7 Å². The summed E-state index contributed by atoms with van der Waals surface area (Å²) < 4.78 is 4.57. The van der Waals surface area contributed by atoms with Crippen molar-refractivity contribution in [3.63, 3.8) is 0 Å². The Balaban J connectivity index is 2.56. The Morgan fingerprint density at radius 1 is 1.50 bits per heavy atom. The summed E-state index contributed by atoms with van der Waals surface area (Å²) >= 11 is 0. The molecule has 6 nitrogen and oxygen atoms in total. The molecule has 0 atom stereocenters. The van der Waals surface area contributed by atoms with Crippen molar-refractivity contribution in [2.75, 3.05) is 6.61 Å². The Hall–Kier alpha value is -2.24. The minimum absolute atomic E-state index is 0.212. The highest BCUT2D eigenvalue weighted by atomic mass is 16.5. The predicted octanol–water partition coefficient (Wildman–Crippen LogP) is 1.18. The highest BCUT2D eigenvalue weighted by molar-refractivity contribution is 5.81. The summed E-state index contributed by atoms with van der Waals surface area (Å²) in [4.78, 5) is 10.8. The van der Waals surface area contributed by atoms with Crippen molar-refractivity contribution in [1.82, 2.24) is 5.43 Å². The van der Waals surface area contributed by atoms with E-state index in [2.05, 4.69) is 15.3 Å². The van der Waals surface area contributed by atoms with Crippen molar-refractivity contribution in [2.45, 2.75) is 6.92 Å². The van der Waals surface area contributed by atoms with Crippen molar-refractivity contribution in [1.29, 1.82) is 0 Å². The molecular formula is C10H12N2O4. The summed E-state index contributed by atoms with van der Waals surface area (Å²) in [6.07, 6.45) is 0.664. The molecular weight excluding hydrogens is 212 g/mol. The number of aromatic hydroxyl groups is 2. The molecule has 0 saturated carbocycles. The molecule has 0 fully saturated rings. The third kappa shape index (κ3) is 3.49. The number of rotatable bonds is 3. The normalized spacial score (nSPS) is 10.3. The van der Waals surface area contributed by atoms with Crippen LogP contribution in [0.4, 0.5) is 4.79 Å². The minimum atomic E-state index is -0.651. The van der Waals surface area contributed by atoms with Crippen LogP contribution in [0.25, 0.3) is 0 Å². The Labute approximate surface area is 92.2 Å². The van der Waals surface area contributed by atoms with E-state index in [9.17, 15) is 4.79 Å². The second-order valence-corrected chi connectivity index (χ2v) is 2.84. The van der Waals surface area contributed by atoms with Gasteiger partial charge in [-0.15, -0.1) is 0 Å². The summed E-state index contributed by atoms with van der Waals surface area (Å²) in [5, 5.41) is 21.8. The monoisotopic (exact) mass is 224 g/mol. The first-order chi connectivity index (χ1) is 7.63. The van der Waals surface area contributed by atoms with Gasteiger partial charge < -0.3 is 14.9 Å². The molecule has 1 amide bonds. The van der Waals surface area contributed by atoms with E-state index in [0.29, 0.717) is 5.56 Å². The maximum atomic E-state index is 10.8. The average molecular weight is 224 g/mol. The van der Waals surface area contributed by atoms with Gasteiger partial charge >= 0.3 is 6.09 Å². The Kier molecular flexibility index (Phi) is 4.14. The number of benzene rings is 1. The number of amides is 1. The Bertz CT molecular complexity index is 404. The van der Waals surface area contributed by atoms with Crippen LogP contribution in [0.3, 0.4) is 0 Å². The molecule has 6 heteroatoms. The predicted molar refractivity (Wildman–Crippen MR) is 57.5 cm³/mol. The van der Waals surface area contributed by atoms with Crippen molar-refractivity contribution >= 4 is 12.3 Å². The molecule has 1 aromatic carbocycles. The second-order valence-electron chi connectivity index (χ2n) is 2.84. The Morgan fingerprint density at radius 2 is 2.25 bits per heavy atom. The fourth-order valence-electron chi connectivity index (χ4n) is 0.944. The van der Waals surface area contributed by atoms with E-state index in [1.807, 2.05) is 0 Å². The number of phenolic OH excluding ortho intramolecular Hbond substituents is 2. The van der Waals surface area contributed by atoms with Gasteiger partial charge in [0.15, 0.2) is 11.5 Å². The van der Waals surface area contributed by atoms with Crippen LogP contribution >= 0.6 is 0 Å². The molecule has 0 heterocycles. The Morgan fingerprint density at radius 3 is 2.88 bits per heavy atom. The number of ether oxygens (including phenoxy) is 1. The number of nitrogens with one attached hydrogen (secondary N) is 1. The summed E-state index contributed by atoms with van der Waals surface area (Å²) in [6, 6.07) is 4.16. The minimum Gasteiger partial charge on any atom is -0.504 e. The number of hydrazone groups is 1. The van der Waals surface area contributed by atoms with Crippen LogP contribution in [-0.4, -0.2) is 29.1 Å². The van der Waals surface area contributed by atoms with Gasteiger partial charge in [-0.2, -0.15) is 5.10 Å². The zero-order valence-electron chi connectivity index (χ0n) is 8.67. The van der Waals surface area contributed by atoms with E-state index in [0.717, 1.165) is 0 Å². The first-order valence-electron chi connectivity index (χ1n) is 4.61. The molecule has 0 aromatic heterocycles. The van der Waals surface area contributed by atoms with E-state index >= 15 is 0 Å². The van der Waals surface area contributed by atoms with Gasteiger partial charge in [0.2, 0.25) is 0 Å². The van der Waals surface area contributed by atoms with Gasteiger partial charge in [-0.3, -0.25) is 0 Å². The van der Waals surface area contributed by atoms with Gasteiger partial charge in [0.05, 0.1) is 12.8 Å². The third-order valence-electron chi connectivity index (χ3n) is 1.64. The van der Waals surface area contributed by atoms with Gasteiger partial charge in [0.25, 0.3) is 0 Å². The van der Waals surface area contributed by atoms with E-state index in [1.165, 1.54) is 24.4 Å². The zero-order valence-corrected chi connectivity index (χ0v) is 8.67. The fraction of sp³-hybridized carbons (Fsp3) is 0.200. The van der Waals surface area contributed by atoms with Crippen LogP contribution in [-0.2, 0) is 4.74 Å². The molecule has 1 aromatic rings. The number of carbonyl (C=O) groups excluding carboxylic acids is 1. The maximum absolute atomic E-state index is 10.8. The molecule has 1 rings (SSSR count). The quantitative estimate of drug-likeness (QED) is 0.408. The maximum Gasteiger partial charge on any atom is 0.427 e. The van der Waals surface area contributed by atoms with Crippen molar-refractivity contribution in [3.8, 4) is 11.5 Å². The van der Waals surface area contributed by atoms with E-state index < -0.39 is 6.09 Å². The molecule has 0 bridgehead atoms. The average Bonchev–Trinajstić information content (AvgIpc) is 2.24. The van der Waals surface area contributed by atoms with Crippen molar-refractivity contribution in [3.05, 3.63) is 23.8 Å². The van der Waals surface area contributed by atoms with Crippen LogP contribution in [0.15, 0.2) is 23.3 Å². The van der Waals surface area contributed by atoms with Gasteiger partial charge in [-0.1, -0.05) is 0 Å². The van der Waals surface area contributed by atoms with Crippen LogP contribution in [0.5, 0.6) is 11.5 Å². The summed E-state index contributed by atoms with van der Waals surface area (Å²) in [7, 11) is 0. The first-order valence-corrected chi connectivity index (χ1v) is 4.61. The number of nitrogens with zero attached hydrogens (tertiary/aromatic N) is 1. The number of carbonyl (C=O) groups is 1. The largest absolute Gasteiger partial charge is 0.504 e. The molecule has 0 spiro atoms. The van der Waals surface area contributed by atoms with Gasteiger partial charge in [0, 0.05) is 0 Å². The first kappa shape index (κ1) is 11.8. The molecule has 0 aliphatic heterocycles. The van der Waals surface area contributed by atoms with Crippen molar-refractivity contribution in [2.24, 2.45) is 5.10 Å². The second kappa shape index (κ2) is 5.59. The lowest BCUT2D eigenvalue weighted by molar-refractivity contribution is 0.152. The van der Waals surface area contributed by atoms with Gasteiger partial charge in [-0.05, 0) is 30.7 Å². The van der Waals surface area contributed by atoms with Gasteiger partial charge in [0.1, 0.15) is 0 Å². The third-order valence-corrected chi connectivity index (χ3v) is 1.64. The number of hydrogen-bond donors (Lipinski definition) is 3. The molecule has 0 saturated heterocycles. The highest BCUT2D eigenvalue weighted by Gasteiger charge is 1.99. The molecule has 3 N–H and O–H groups in total. The molecule has 0 aliphatic rings. The van der Waals surface area contributed by atoms with Crippen LogP contribution in [0, 0.1) is 0 Å². The van der Waals surface area contributed by atoms with E-state index in [1.54, 1.807) is 6.92 Å². The molecule has 0 aliphatic carbocycles.